The average Bonchev–Trinajstić information content (AvgIpc) is 2.72. The minimum absolute atomic E-state index is 0.136. The number of benzene rings is 1. The van der Waals surface area contributed by atoms with Crippen LogP contribution in [-0.2, 0) is 14.3 Å². The van der Waals surface area contributed by atoms with E-state index in [4.69, 9.17) is 0 Å². The van der Waals surface area contributed by atoms with Crippen LogP contribution in [0.5, 0.6) is 0 Å². The van der Waals surface area contributed by atoms with E-state index >= 15 is 0 Å². The van der Waals surface area contributed by atoms with E-state index in [9.17, 15) is 24.6 Å². The van der Waals surface area contributed by atoms with Crippen molar-refractivity contribution in [2.24, 2.45) is 0 Å². The molecule has 1 heterocycles. The highest BCUT2D eigenvalue weighted by Crippen LogP contribution is 2.28. The Morgan fingerprint density at radius 1 is 1.35 bits per heavy atom. The summed E-state index contributed by atoms with van der Waals surface area (Å²) in [6, 6.07) is 4.24. The van der Waals surface area contributed by atoms with Crippen LogP contribution in [0.25, 0.3) is 0 Å². The molecule has 7 heteroatoms. The van der Waals surface area contributed by atoms with E-state index in [1.54, 1.807) is 0 Å². The number of aliphatic hydroxyl groups is 2. The molecule has 0 fully saturated rings. The van der Waals surface area contributed by atoms with E-state index < -0.39 is 29.9 Å². The molecule has 0 saturated carbocycles. The first-order valence-corrected chi connectivity index (χ1v) is 5.86. The highest BCUT2D eigenvalue weighted by molar-refractivity contribution is 6.51. The number of Topliss-reactive ketones (excluding diaryl/α,β-unsaturated/α-hetero) is 1. The predicted octanol–water partition coefficient (Wildman–Crippen LogP) is -0.221. The predicted molar refractivity (Wildman–Crippen MR) is 67.0 cm³/mol. The number of ether oxygens (including phenoxy) is 1. The third-order valence-corrected chi connectivity index (χ3v) is 3.05. The van der Waals surface area contributed by atoms with E-state index in [0.717, 1.165) is 0 Å². The first kappa shape index (κ1) is 14.2. The number of hydrogen-bond donors (Lipinski definition) is 3. The number of esters is 1. The zero-order valence-electron chi connectivity index (χ0n) is 10.6. The molecule has 20 heavy (non-hydrogen) atoms. The monoisotopic (exact) mass is 279 g/mol. The average molecular weight is 279 g/mol. The summed E-state index contributed by atoms with van der Waals surface area (Å²) >= 11 is 0. The maximum absolute atomic E-state index is 11.5. The van der Waals surface area contributed by atoms with Crippen LogP contribution in [0.4, 0.5) is 5.69 Å². The maximum atomic E-state index is 11.5. The van der Waals surface area contributed by atoms with Crippen molar-refractivity contribution in [2.45, 2.75) is 18.6 Å². The number of carbonyl (C=O) groups is 3. The van der Waals surface area contributed by atoms with Gasteiger partial charge in [-0.3, -0.25) is 14.4 Å². The van der Waals surface area contributed by atoms with Crippen LogP contribution >= 0.6 is 0 Å². The lowest BCUT2D eigenvalue weighted by molar-refractivity contribution is -0.144. The van der Waals surface area contributed by atoms with Gasteiger partial charge in [0.1, 0.15) is 6.10 Å². The second-order valence-corrected chi connectivity index (χ2v) is 4.38. The van der Waals surface area contributed by atoms with Gasteiger partial charge in [0.05, 0.1) is 30.9 Å². The Morgan fingerprint density at radius 2 is 2.05 bits per heavy atom. The molecule has 106 valence electrons. The molecule has 0 spiro atoms. The number of hydrogen-bond acceptors (Lipinski definition) is 6. The highest BCUT2D eigenvalue weighted by Gasteiger charge is 2.30. The topological polar surface area (TPSA) is 113 Å². The van der Waals surface area contributed by atoms with Gasteiger partial charge in [-0.2, -0.15) is 0 Å². The van der Waals surface area contributed by atoms with Crippen LogP contribution in [0.3, 0.4) is 0 Å². The number of methoxy groups -OCH3 is 1. The van der Waals surface area contributed by atoms with Gasteiger partial charge in [-0.1, -0.05) is 6.07 Å². The molecule has 2 unspecified atom stereocenters. The number of nitrogens with one attached hydrogen (secondary N) is 1. The van der Waals surface area contributed by atoms with Gasteiger partial charge in [-0.25, -0.2) is 0 Å². The molecule has 0 radical (unpaired) electrons. The SMILES string of the molecule is COC(=O)CC(O)C(O)c1ccc2c(c1)C(=O)C(=O)N2. The number of amides is 1. The summed E-state index contributed by atoms with van der Waals surface area (Å²) < 4.78 is 4.39. The van der Waals surface area contributed by atoms with E-state index in [1.165, 1.54) is 25.3 Å². The van der Waals surface area contributed by atoms with Crippen LogP contribution in [0.1, 0.15) is 28.4 Å². The molecule has 1 aromatic carbocycles. The van der Waals surface area contributed by atoms with Gasteiger partial charge in [-0.05, 0) is 17.7 Å². The second kappa shape index (κ2) is 5.40. The molecular formula is C13H13NO6. The fraction of sp³-hybridized carbons (Fsp3) is 0.308. The van der Waals surface area contributed by atoms with E-state index in [2.05, 4.69) is 10.1 Å². The van der Waals surface area contributed by atoms with Gasteiger partial charge < -0.3 is 20.3 Å². The lowest BCUT2D eigenvalue weighted by Crippen LogP contribution is -2.22. The van der Waals surface area contributed by atoms with E-state index in [-0.39, 0.29) is 17.5 Å². The molecule has 0 aromatic heterocycles. The number of carbonyl (C=O) groups excluding carboxylic acids is 3. The Bertz CT molecular complexity index is 582. The number of fused-ring (bicyclic) bond motifs is 1. The summed E-state index contributed by atoms with van der Waals surface area (Å²) in [6.07, 6.45) is -3.09. The molecule has 2 rings (SSSR count). The van der Waals surface area contributed by atoms with Gasteiger partial charge in [-0.15, -0.1) is 0 Å². The number of anilines is 1. The van der Waals surface area contributed by atoms with Gasteiger partial charge in [0.25, 0.3) is 11.7 Å². The lowest BCUT2D eigenvalue weighted by atomic mass is 9.99. The van der Waals surface area contributed by atoms with Crippen molar-refractivity contribution in [2.75, 3.05) is 12.4 Å². The maximum Gasteiger partial charge on any atom is 0.308 e. The number of ketones is 1. The first-order chi connectivity index (χ1) is 9.43. The van der Waals surface area contributed by atoms with E-state index in [1.807, 2.05) is 0 Å². The quantitative estimate of drug-likeness (QED) is 0.518. The third kappa shape index (κ3) is 2.54. The summed E-state index contributed by atoms with van der Waals surface area (Å²) in [7, 11) is 1.17. The summed E-state index contributed by atoms with van der Waals surface area (Å²) in [4.78, 5) is 33.8. The molecule has 1 aliphatic rings. The van der Waals surface area contributed by atoms with Crippen LogP contribution in [0.2, 0.25) is 0 Å². The van der Waals surface area contributed by atoms with Crippen molar-refractivity contribution in [1.29, 1.82) is 0 Å². The van der Waals surface area contributed by atoms with Crippen molar-refractivity contribution in [3.63, 3.8) is 0 Å². The normalized spacial score (nSPS) is 16.4. The standard InChI is InChI=1S/C13H13NO6/c1-20-10(16)5-9(15)11(17)6-2-3-8-7(4-6)12(18)13(19)14-8/h2-4,9,11,15,17H,5H2,1H3,(H,14,18,19). The van der Waals surface area contributed by atoms with E-state index in [0.29, 0.717) is 5.69 Å². The molecule has 3 N–H and O–H groups in total. The molecule has 1 aromatic rings. The lowest BCUT2D eigenvalue weighted by Gasteiger charge is -2.17. The summed E-state index contributed by atoms with van der Waals surface area (Å²) in [5, 5.41) is 22.0. The van der Waals surface area contributed by atoms with Crippen molar-refractivity contribution in [1.82, 2.24) is 0 Å². The summed E-state index contributed by atoms with van der Waals surface area (Å²) in [6.45, 7) is 0. The Hall–Kier alpha value is -2.25. The summed E-state index contributed by atoms with van der Waals surface area (Å²) in [5.41, 5.74) is 0.736. The molecular weight excluding hydrogens is 266 g/mol. The minimum Gasteiger partial charge on any atom is -0.469 e. The van der Waals surface area contributed by atoms with Crippen LogP contribution in [-0.4, -0.2) is 41.1 Å². The zero-order chi connectivity index (χ0) is 14.9. The van der Waals surface area contributed by atoms with Crippen LogP contribution in [0.15, 0.2) is 18.2 Å². The smallest absolute Gasteiger partial charge is 0.308 e. The Kier molecular flexibility index (Phi) is 3.82. The Balaban J connectivity index is 2.20. The molecule has 0 aliphatic carbocycles. The van der Waals surface area contributed by atoms with Crippen LogP contribution in [0, 0.1) is 0 Å². The fourth-order valence-corrected chi connectivity index (χ4v) is 1.93. The number of aliphatic hydroxyl groups excluding tert-OH is 2. The van der Waals surface area contributed by atoms with Gasteiger partial charge in [0.15, 0.2) is 0 Å². The van der Waals surface area contributed by atoms with Gasteiger partial charge in [0, 0.05) is 0 Å². The van der Waals surface area contributed by atoms with Gasteiger partial charge >= 0.3 is 5.97 Å². The first-order valence-electron chi connectivity index (χ1n) is 5.86. The van der Waals surface area contributed by atoms with Crippen molar-refractivity contribution in [3.05, 3.63) is 29.3 Å². The molecule has 7 nitrogen and oxygen atoms in total. The van der Waals surface area contributed by atoms with Crippen LogP contribution < -0.4 is 5.32 Å². The molecule has 0 bridgehead atoms. The van der Waals surface area contributed by atoms with Crippen molar-refractivity contribution in [3.8, 4) is 0 Å². The molecule has 0 saturated heterocycles. The number of rotatable bonds is 4. The minimum atomic E-state index is -1.36. The Labute approximate surface area is 114 Å². The Morgan fingerprint density at radius 3 is 2.70 bits per heavy atom. The second-order valence-electron chi connectivity index (χ2n) is 4.38. The van der Waals surface area contributed by atoms with Crippen molar-refractivity contribution >= 4 is 23.3 Å². The fourth-order valence-electron chi connectivity index (χ4n) is 1.93. The molecule has 2 atom stereocenters. The zero-order valence-corrected chi connectivity index (χ0v) is 10.6. The third-order valence-electron chi connectivity index (χ3n) is 3.05. The highest BCUT2D eigenvalue weighted by atomic mass is 16.5. The molecule has 1 amide bonds. The largest absolute Gasteiger partial charge is 0.469 e. The van der Waals surface area contributed by atoms with Crippen molar-refractivity contribution < 1.29 is 29.3 Å². The molecule has 1 aliphatic heterocycles. The summed E-state index contributed by atoms with van der Waals surface area (Å²) in [5.74, 6) is -2.09. The van der Waals surface area contributed by atoms with Gasteiger partial charge in [0.2, 0.25) is 0 Å².